The Balaban J connectivity index is 1.06. The second-order valence-corrected chi connectivity index (χ2v) is 16.6. The second kappa shape index (κ2) is 16.1. The first kappa shape index (κ1) is 31.4. The molecule has 0 aromatic heterocycles. The van der Waals surface area contributed by atoms with Crippen LogP contribution in [-0.2, 0) is 0 Å². The van der Waals surface area contributed by atoms with Crippen LogP contribution in [0.25, 0.3) is 0 Å². The molecule has 0 unspecified atom stereocenters. The summed E-state index contributed by atoms with van der Waals surface area (Å²) in [5, 5.41) is 0. The van der Waals surface area contributed by atoms with Gasteiger partial charge in [-0.1, -0.05) is 101 Å². The predicted molar refractivity (Wildman–Crippen MR) is 182 cm³/mol. The fourth-order valence-corrected chi connectivity index (χ4v) is 11.0. The van der Waals surface area contributed by atoms with Gasteiger partial charge in [0.25, 0.3) is 0 Å². The topological polar surface area (TPSA) is 3.24 Å². The van der Waals surface area contributed by atoms with Crippen molar-refractivity contribution in [3.8, 4) is 0 Å². The number of hydrogen-bond acceptors (Lipinski definition) is 1. The highest BCUT2D eigenvalue weighted by Crippen LogP contribution is 2.43. The van der Waals surface area contributed by atoms with E-state index in [0.717, 1.165) is 53.6 Å². The maximum atomic E-state index is 3.21. The Morgan fingerprint density at radius 2 is 0.786 bits per heavy atom. The molecule has 1 heteroatoms. The van der Waals surface area contributed by atoms with E-state index in [9.17, 15) is 0 Å². The summed E-state index contributed by atoms with van der Waals surface area (Å²) in [6.07, 6.45) is 48.3. The van der Waals surface area contributed by atoms with Gasteiger partial charge in [0.1, 0.15) is 0 Å². The Morgan fingerprint density at radius 3 is 1.26 bits per heavy atom. The van der Waals surface area contributed by atoms with Gasteiger partial charge in [-0.05, 0) is 138 Å². The number of rotatable bonds is 8. The number of allylic oxidation sites excluding steroid dienone is 4. The fourth-order valence-electron chi connectivity index (χ4n) is 11.0. The van der Waals surface area contributed by atoms with E-state index in [-0.39, 0.29) is 0 Å². The fraction of sp³-hybridized carbons (Fsp3) is 0.902. The molecule has 6 aliphatic rings. The lowest BCUT2D eigenvalue weighted by Gasteiger charge is -2.49. The van der Waals surface area contributed by atoms with Gasteiger partial charge < -0.3 is 0 Å². The van der Waals surface area contributed by atoms with Gasteiger partial charge in [-0.15, -0.1) is 0 Å². The van der Waals surface area contributed by atoms with Crippen LogP contribution in [0.15, 0.2) is 23.8 Å². The average Bonchev–Trinajstić information content (AvgIpc) is 3.06. The van der Waals surface area contributed by atoms with Gasteiger partial charge >= 0.3 is 0 Å². The van der Waals surface area contributed by atoms with Crippen LogP contribution in [0.2, 0.25) is 0 Å². The molecule has 0 saturated heterocycles. The summed E-state index contributed by atoms with van der Waals surface area (Å²) in [6, 6.07) is 2.66. The molecule has 0 aromatic carbocycles. The highest BCUT2D eigenvalue weighted by molar-refractivity contribution is 5.15. The van der Waals surface area contributed by atoms with E-state index in [2.05, 4.69) is 30.1 Å². The van der Waals surface area contributed by atoms with Gasteiger partial charge in [0.05, 0.1) is 0 Å². The molecule has 0 spiro atoms. The average molecular weight is 576 g/mol. The zero-order valence-electron chi connectivity index (χ0n) is 28.0. The van der Waals surface area contributed by atoms with Crippen molar-refractivity contribution in [2.24, 2.45) is 35.5 Å². The Labute approximate surface area is 262 Å². The van der Waals surface area contributed by atoms with Crippen molar-refractivity contribution in [3.05, 3.63) is 23.8 Å². The molecule has 0 radical (unpaired) electrons. The highest BCUT2D eigenvalue weighted by atomic mass is 15.2. The number of nitrogens with zero attached hydrogens (tertiary/aromatic N) is 1. The van der Waals surface area contributed by atoms with Crippen LogP contribution < -0.4 is 0 Å². The van der Waals surface area contributed by atoms with Crippen molar-refractivity contribution in [3.63, 3.8) is 0 Å². The second-order valence-electron chi connectivity index (χ2n) is 16.6. The van der Waals surface area contributed by atoms with Gasteiger partial charge in [0, 0.05) is 18.1 Å². The molecule has 42 heavy (non-hydrogen) atoms. The monoisotopic (exact) mass is 576 g/mol. The molecule has 6 fully saturated rings. The Bertz CT molecular complexity index is 793. The SMILES string of the molecule is CC1CCC(C=CC2CCC(N(C3CCCCC3)C3CCC(C=C(C4CCCCC4)C4CCCCC4)CC3)CC2)CC1. The van der Waals surface area contributed by atoms with Gasteiger partial charge in [0.15, 0.2) is 0 Å². The zero-order chi connectivity index (χ0) is 28.6. The van der Waals surface area contributed by atoms with E-state index >= 15 is 0 Å². The molecule has 6 aliphatic carbocycles. The molecule has 0 aromatic rings. The Morgan fingerprint density at radius 1 is 0.405 bits per heavy atom. The van der Waals surface area contributed by atoms with E-state index < -0.39 is 0 Å². The van der Waals surface area contributed by atoms with E-state index in [0.29, 0.717) is 0 Å². The maximum Gasteiger partial charge on any atom is 0.0102 e. The summed E-state index contributed by atoms with van der Waals surface area (Å²) in [7, 11) is 0. The van der Waals surface area contributed by atoms with Gasteiger partial charge in [-0.2, -0.15) is 0 Å². The van der Waals surface area contributed by atoms with Crippen LogP contribution >= 0.6 is 0 Å². The third-order valence-corrected chi connectivity index (χ3v) is 13.6. The van der Waals surface area contributed by atoms with E-state index in [4.69, 9.17) is 0 Å². The Hall–Kier alpha value is -0.560. The first-order valence-electron chi connectivity index (χ1n) is 19.9. The zero-order valence-corrected chi connectivity index (χ0v) is 28.0. The molecule has 0 N–H and O–H groups in total. The van der Waals surface area contributed by atoms with E-state index in [1.54, 1.807) is 0 Å². The van der Waals surface area contributed by atoms with Gasteiger partial charge in [-0.25, -0.2) is 0 Å². The molecule has 6 rings (SSSR count). The third kappa shape index (κ3) is 8.57. The molecular weight excluding hydrogens is 506 g/mol. The minimum absolute atomic E-state index is 0.868. The van der Waals surface area contributed by atoms with Crippen LogP contribution in [0.5, 0.6) is 0 Å². The van der Waals surface area contributed by atoms with Crippen LogP contribution in [0, 0.1) is 35.5 Å². The van der Waals surface area contributed by atoms with Gasteiger partial charge in [-0.3, -0.25) is 4.90 Å². The van der Waals surface area contributed by atoms with Crippen LogP contribution in [-0.4, -0.2) is 23.0 Å². The van der Waals surface area contributed by atoms with E-state index in [1.807, 2.05) is 5.57 Å². The van der Waals surface area contributed by atoms with Crippen LogP contribution in [0.1, 0.15) is 180 Å². The minimum Gasteiger partial charge on any atom is -0.294 e. The third-order valence-electron chi connectivity index (χ3n) is 13.6. The molecule has 6 saturated carbocycles. The minimum atomic E-state index is 0.868. The lowest BCUT2D eigenvalue weighted by molar-refractivity contribution is 0.0144. The molecule has 0 bridgehead atoms. The molecule has 0 aliphatic heterocycles. The van der Waals surface area contributed by atoms with Crippen molar-refractivity contribution in [1.29, 1.82) is 0 Å². The van der Waals surface area contributed by atoms with Crippen LogP contribution in [0.4, 0.5) is 0 Å². The smallest absolute Gasteiger partial charge is 0.0102 e. The first-order chi connectivity index (χ1) is 20.7. The normalized spacial score (nSPS) is 36.8. The van der Waals surface area contributed by atoms with Crippen molar-refractivity contribution in [2.75, 3.05) is 0 Å². The van der Waals surface area contributed by atoms with E-state index in [1.165, 1.54) is 173 Å². The largest absolute Gasteiger partial charge is 0.294 e. The summed E-state index contributed by atoms with van der Waals surface area (Å²) in [5.41, 5.74) is 1.98. The summed E-state index contributed by atoms with van der Waals surface area (Å²) in [4.78, 5) is 3.21. The summed E-state index contributed by atoms with van der Waals surface area (Å²) < 4.78 is 0. The maximum absolute atomic E-state index is 3.21. The Kier molecular flexibility index (Phi) is 12.1. The van der Waals surface area contributed by atoms with Gasteiger partial charge in [0.2, 0.25) is 0 Å². The quantitative estimate of drug-likeness (QED) is 0.260. The number of hydrogen-bond donors (Lipinski definition) is 0. The molecular formula is C41H69N. The van der Waals surface area contributed by atoms with Crippen LogP contribution in [0.3, 0.4) is 0 Å². The lowest BCUT2D eigenvalue weighted by atomic mass is 9.71. The van der Waals surface area contributed by atoms with Crippen molar-refractivity contribution in [1.82, 2.24) is 4.90 Å². The molecule has 0 amide bonds. The molecule has 0 atom stereocenters. The summed E-state index contributed by atoms with van der Waals surface area (Å²) in [6.45, 7) is 2.45. The van der Waals surface area contributed by atoms with Crippen molar-refractivity contribution < 1.29 is 0 Å². The first-order valence-corrected chi connectivity index (χ1v) is 19.9. The summed E-state index contributed by atoms with van der Waals surface area (Å²) in [5.74, 6) is 5.51. The molecule has 238 valence electrons. The highest BCUT2D eigenvalue weighted by Gasteiger charge is 2.37. The molecule has 0 heterocycles. The van der Waals surface area contributed by atoms with Crippen molar-refractivity contribution >= 4 is 0 Å². The predicted octanol–water partition coefficient (Wildman–Crippen LogP) is 12.2. The summed E-state index contributed by atoms with van der Waals surface area (Å²) >= 11 is 0. The van der Waals surface area contributed by atoms with Crippen molar-refractivity contribution in [2.45, 2.75) is 198 Å². The molecule has 1 nitrogen and oxygen atoms in total. The standard InChI is InChI=1S/C41H69N/c1-32-17-19-33(20-18-32)21-22-34-23-27-39(28-24-34)42(38-15-9-4-10-16-38)40-29-25-35(26-30-40)31-41(36-11-5-2-6-12-36)37-13-7-3-8-14-37/h21-22,31-40H,2-20,23-30H2,1H3. The lowest BCUT2D eigenvalue weighted by Crippen LogP contribution is -2.52.